The van der Waals surface area contributed by atoms with Crippen LogP contribution in [0.5, 0.6) is 0 Å². The lowest BCUT2D eigenvalue weighted by Crippen LogP contribution is -2.33. The highest BCUT2D eigenvalue weighted by Gasteiger charge is 2.21. The van der Waals surface area contributed by atoms with Crippen LogP contribution in [-0.4, -0.2) is 34.0 Å². The lowest BCUT2D eigenvalue weighted by Gasteiger charge is -2.23. The first kappa shape index (κ1) is 16.6. The number of nitrogens with one attached hydrogen (secondary N) is 1. The van der Waals surface area contributed by atoms with Crippen molar-refractivity contribution in [2.24, 2.45) is 0 Å². The van der Waals surface area contributed by atoms with Gasteiger partial charge in [-0.3, -0.25) is 0 Å². The molecule has 2 rings (SSSR count). The highest BCUT2D eigenvalue weighted by molar-refractivity contribution is 7.91. The SMILES string of the molecule is CCc1ccc(S(=O)(=O)NCC(c2cccs2)N(C)C)s1. The number of rotatable bonds is 7. The molecule has 0 bridgehead atoms. The minimum Gasteiger partial charge on any atom is -0.300 e. The Bertz CT molecular complexity index is 660. The van der Waals surface area contributed by atoms with Crippen molar-refractivity contribution in [3.05, 3.63) is 39.4 Å². The Balaban J connectivity index is 2.09. The Labute approximate surface area is 134 Å². The second kappa shape index (κ2) is 7.02. The smallest absolute Gasteiger partial charge is 0.250 e. The molecule has 21 heavy (non-hydrogen) atoms. The standard InChI is InChI=1S/C14H20N2O2S3/c1-4-11-7-8-14(20-11)21(17,18)15-10-12(16(2)3)13-6-5-9-19-13/h5-9,12,15H,4,10H2,1-3H3. The first-order valence-corrected chi connectivity index (χ1v) is 9.90. The average Bonchev–Trinajstić information content (AvgIpc) is 3.09. The van der Waals surface area contributed by atoms with Crippen molar-refractivity contribution < 1.29 is 8.42 Å². The molecule has 1 atom stereocenters. The summed E-state index contributed by atoms with van der Waals surface area (Å²) in [6, 6.07) is 7.62. The molecule has 0 spiro atoms. The van der Waals surface area contributed by atoms with E-state index in [1.54, 1.807) is 17.4 Å². The van der Waals surface area contributed by atoms with Gasteiger partial charge in [-0.15, -0.1) is 22.7 Å². The highest BCUT2D eigenvalue weighted by Crippen LogP contribution is 2.25. The van der Waals surface area contributed by atoms with Gasteiger partial charge < -0.3 is 4.90 Å². The van der Waals surface area contributed by atoms with Gasteiger partial charge in [0.05, 0.1) is 6.04 Å². The minimum atomic E-state index is -3.42. The summed E-state index contributed by atoms with van der Waals surface area (Å²) in [6.45, 7) is 2.39. The number of thiophene rings is 2. The molecule has 1 unspecified atom stereocenters. The average molecular weight is 345 g/mol. The molecule has 0 aliphatic rings. The van der Waals surface area contributed by atoms with Crippen molar-refractivity contribution in [1.82, 2.24) is 9.62 Å². The van der Waals surface area contributed by atoms with Crippen LogP contribution in [-0.2, 0) is 16.4 Å². The van der Waals surface area contributed by atoms with Crippen LogP contribution in [0.3, 0.4) is 0 Å². The van der Waals surface area contributed by atoms with Crippen LogP contribution in [0.25, 0.3) is 0 Å². The summed E-state index contributed by atoms with van der Waals surface area (Å²) in [6.07, 6.45) is 0.857. The third-order valence-corrected chi connectivity index (χ3v) is 7.33. The summed E-state index contributed by atoms with van der Waals surface area (Å²) in [4.78, 5) is 4.26. The molecule has 1 N–H and O–H groups in total. The van der Waals surface area contributed by atoms with Gasteiger partial charge in [-0.25, -0.2) is 13.1 Å². The van der Waals surface area contributed by atoms with Gasteiger partial charge in [-0.1, -0.05) is 13.0 Å². The summed E-state index contributed by atoms with van der Waals surface area (Å²) in [5.41, 5.74) is 0. The van der Waals surface area contributed by atoms with Crippen LogP contribution >= 0.6 is 22.7 Å². The van der Waals surface area contributed by atoms with Gasteiger partial charge in [0, 0.05) is 16.3 Å². The lowest BCUT2D eigenvalue weighted by molar-refractivity contribution is 0.303. The molecule has 0 saturated carbocycles. The van der Waals surface area contributed by atoms with E-state index in [1.807, 2.05) is 49.5 Å². The molecular weight excluding hydrogens is 324 g/mol. The van der Waals surface area contributed by atoms with Crippen LogP contribution in [0.2, 0.25) is 0 Å². The van der Waals surface area contributed by atoms with Crippen molar-refractivity contribution in [3.8, 4) is 0 Å². The second-order valence-corrected chi connectivity index (χ2v) is 9.06. The van der Waals surface area contributed by atoms with Gasteiger partial charge in [0.2, 0.25) is 10.0 Å². The molecule has 0 aromatic carbocycles. The quantitative estimate of drug-likeness (QED) is 0.840. The normalized spacial score (nSPS) is 13.7. The Morgan fingerprint density at radius 1 is 1.29 bits per heavy atom. The largest absolute Gasteiger partial charge is 0.300 e. The van der Waals surface area contributed by atoms with Gasteiger partial charge in [0.15, 0.2) is 0 Å². The van der Waals surface area contributed by atoms with Crippen LogP contribution in [0, 0.1) is 0 Å². The number of aryl methyl sites for hydroxylation is 1. The summed E-state index contributed by atoms with van der Waals surface area (Å²) in [5, 5.41) is 2.01. The first-order valence-electron chi connectivity index (χ1n) is 6.72. The monoisotopic (exact) mass is 344 g/mol. The highest BCUT2D eigenvalue weighted by atomic mass is 32.2. The predicted molar refractivity (Wildman–Crippen MR) is 89.6 cm³/mol. The molecule has 2 heterocycles. The zero-order valence-electron chi connectivity index (χ0n) is 12.4. The van der Waals surface area contributed by atoms with E-state index >= 15 is 0 Å². The van der Waals surface area contributed by atoms with Crippen LogP contribution < -0.4 is 4.72 Å². The number of sulfonamides is 1. The molecule has 4 nitrogen and oxygen atoms in total. The van der Waals surface area contributed by atoms with Gasteiger partial charge in [0.1, 0.15) is 4.21 Å². The van der Waals surface area contributed by atoms with Gasteiger partial charge in [0.25, 0.3) is 0 Å². The van der Waals surface area contributed by atoms with Crippen molar-refractivity contribution in [3.63, 3.8) is 0 Å². The first-order chi connectivity index (χ1) is 9.94. The van der Waals surface area contributed by atoms with Gasteiger partial charge in [-0.05, 0) is 44.1 Å². The summed E-state index contributed by atoms with van der Waals surface area (Å²) < 4.78 is 27.8. The number of likely N-dealkylation sites (N-methyl/N-ethyl adjacent to an activating group) is 1. The van der Waals surface area contributed by atoms with Crippen molar-refractivity contribution >= 4 is 32.7 Å². The maximum atomic E-state index is 12.3. The zero-order valence-corrected chi connectivity index (χ0v) is 14.8. The molecule has 2 aromatic rings. The molecule has 0 aliphatic carbocycles. The number of hydrogen-bond donors (Lipinski definition) is 1. The Morgan fingerprint density at radius 2 is 2.05 bits per heavy atom. The van der Waals surface area contributed by atoms with E-state index in [1.165, 1.54) is 11.3 Å². The van der Waals surface area contributed by atoms with E-state index in [2.05, 4.69) is 4.72 Å². The molecular formula is C14H20N2O2S3. The maximum absolute atomic E-state index is 12.3. The fraction of sp³-hybridized carbons (Fsp3) is 0.429. The number of hydrogen-bond acceptors (Lipinski definition) is 5. The topological polar surface area (TPSA) is 49.4 Å². The lowest BCUT2D eigenvalue weighted by atomic mass is 10.2. The fourth-order valence-electron chi connectivity index (χ4n) is 1.97. The van der Waals surface area contributed by atoms with E-state index in [0.29, 0.717) is 10.8 Å². The summed E-state index contributed by atoms with van der Waals surface area (Å²) in [7, 11) is 0.492. The van der Waals surface area contributed by atoms with Crippen molar-refractivity contribution in [2.45, 2.75) is 23.6 Å². The molecule has 0 aliphatic heterocycles. The summed E-state index contributed by atoms with van der Waals surface area (Å²) >= 11 is 2.98. The molecule has 0 radical (unpaired) electrons. The van der Waals surface area contributed by atoms with E-state index < -0.39 is 10.0 Å². The molecule has 0 saturated heterocycles. The van der Waals surface area contributed by atoms with E-state index in [4.69, 9.17) is 0 Å². The van der Waals surface area contributed by atoms with E-state index in [9.17, 15) is 8.42 Å². The molecule has 0 amide bonds. The van der Waals surface area contributed by atoms with Crippen molar-refractivity contribution in [1.29, 1.82) is 0 Å². The van der Waals surface area contributed by atoms with E-state index in [-0.39, 0.29) is 6.04 Å². The van der Waals surface area contributed by atoms with Crippen molar-refractivity contribution in [2.75, 3.05) is 20.6 Å². The second-order valence-electron chi connectivity index (χ2n) is 4.92. The van der Waals surface area contributed by atoms with Gasteiger partial charge in [-0.2, -0.15) is 0 Å². The third-order valence-electron chi connectivity index (χ3n) is 3.21. The summed E-state index contributed by atoms with van der Waals surface area (Å²) in [5.74, 6) is 0. The third kappa shape index (κ3) is 4.14. The molecule has 2 aromatic heterocycles. The predicted octanol–water partition coefficient (Wildman–Crippen LogP) is 2.95. The van der Waals surface area contributed by atoms with Crippen LogP contribution in [0.15, 0.2) is 33.9 Å². The minimum absolute atomic E-state index is 0.0467. The van der Waals surface area contributed by atoms with Gasteiger partial charge >= 0.3 is 0 Å². The Morgan fingerprint density at radius 3 is 2.57 bits per heavy atom. The molecule has 0 fully saturated rings. The molecule has 116 valence electrons. The van der Waals surface area contributed by atoms with Crippen LogP contribution in [0.4, 0.5) is 0 Å². The van der Waals surface area contributed by atoms with E-state index in [0.717, 1.165) is 16.2 Å². The fourth-order valence-corrected chi connectivity index (χ4v) is 5.27. The molecule has 7 heteroatoms. The Kier molecular flexibility index (Phi) is 5.56. The van der Waals surface area contributed by atoms with Crippen LogP contribution in [0.1, 0.15) is 22.7 Å². The number of nitrogens with zero attached hydrogens (tertiary/aromatic N) is 1. The Hall–Kier alpha value is -0.730. The maximum Gasteiger partial charge on any atom is 0.250 e. The zero-order chi connectivity index (χ0) is 15.5.